The van der Waals surface area contributed by atoms with Crippen LogP contribution in [0, 0.1) is 0 Å². The number of amides is 2. The smallest absolute Gasteiger partial charge is 0.257 e. The molecule has 0 radical (unpaired) electrons. The molecule has 0 aliphatic rings. The summed E-state index contributed by atoms with van der Waals surface area (Å²) >= 11 is 0. The van der Waals surface area contributed by atoms with Crippen LogP contribution in [0.2, 0.25) is 0 Å². The lowest BCUT2D eigenvalue weighted by atomic mass is 10.1. The van der Waals surface area contributed by atoms with Crippen LogP contribution in [0.3, 0.4) is 0 Å². The van der Waals surface area contributed by atoms with Crippen LogP contribution in [0.15, 0.2) is 64.4 Å². The summed E-state index contributed by atoms with van der Waals surface area (Å²) in [5.74, 6) is -1.21. The highest BCUT2D eigenvalue weighted by atomic mass is 32.2. The number of nitrogens with one attached hydrogen (secondary N) is 3. The molecule has 3 rings (SSSR count). The number of fused-ring (bicyclic) bond motifs is 1. The molecule has 0 spiro atoms. The number of aromatic amines is 1. The molecule has 0 aliphatic heterocycles. The van der Waals surface area contributed by atoms with E-state index in [9.17, 15) is 22.8 Å². The van der Waals surface area contributed by atoms with Crippen molar-refractivity contribution in [2.24, 2.45) is 0 Å². The van der Waals surface area contributed by atoms with Gasteiger partial charge in [0, 0.05) is 37.7 Å². The summed E-state index contributed by atoms with van der Waals surface area (Å²) < 4.78 is 25.9. The van der Waals surface area contributed by atoms with E-state index in [1.54, 1.807) is 42.5 Å². The minimum Gasteiger partial charge on any atom is -0.360 e. The molecule has 162 valence electrons. The number of para-hydroxylation sites is 1. The number of aromatic nitrogens is 1. The molecule has 3 N–H and O–H groups in total. The number of nitrogens with zero attached hydrogens (tertiary/aromatic N) is 1. The van der Waals surface area contributed by atoms with E-state index in [0.29, 0.717) is 16.5 Å². The number of benzene rings is 2. The SMILES string of the molecule is CN(C)S(=O)(=O)c1ccccc1CNC(=O)CNC(=O)c1c[nH]c2ccccc2c1=O. The van der Waals surface area contributed by atoms with Crippen LogP contribution in [-0.4, -0.2) is 50.2 Å². The molecule has 1 aromatic heterocycles. The maximum Gasteiger partial charge on any atom is 0.257 e. The highest BCUT2D eigenvalue weighted by Gasteiger charge is 2.21. The van der Waals surface area contributed by atoms with Crippen molar-refractivity contribution in [1.29, 1.82) is 0 Å². The maximum absolute atomic E-state index is 12.5. The fraction of sp³-hybridized carbons (Fsp3) is 0.190. The summed E-state index contributed by atoms with van der Waals surface area (Å²) in [7, 11) is -0.815. The van der Waals surface area contributed by atoms with E-state index >= 15 is 0 Å². The lowest BCUT2D eigenvalue weighted by molar-refractivity contribution is -0.120. The van der Waals surface area contributed by atoms with E-state index in [4.69, 9.17) is 0 Å². The first-order valence-corrected chi connectivity index (χ1v) is 10.8. The van der Waals surface area contributed by atoms with Gasteiger partial charge in [0.25, 0.3) is 5.91 Å². The minimum atomic E-state index is -3.67. The second-order valence-electron chi connectivity index (χ2n) is 6.93. The van der Waals surface area contributed by atoms with Gasteiger partial charge < -0.3 is 15.6 Å². The standard InChI is InChI=1S/C21H22N4O5S/c1-25(2)31(29,30)18-10-6-3-7-14(18)11-23-19(26)13-24-21(28)16-12-22-17-9-5-4-8-15(17)20(16)27/h3-10,12H,11,13H2,1-2H3,(H,22,27)(H,23,26)(H,24,28). The van der Waals surface area contributed by atoms with Crippen molar-refractivity contribution in [1.82, 2.24) is 19.9 Å². The van der Waals surface area contributed by atoms with Gasteiger partial charge in [0.1, 0.15) is 5.56 Å². The van der Waals surface area contributed by atoms with Gasteiger partial charge in [-0.1, -0.05) is 30.3 Å². The number of sulfonamides is 1. The van der Waals surface area contributed by atoms with Gasteiger partial charge in [0.05, 0.1) is 11.4 Å². The minimum absolute atomic E-state index is 0.0332. The van der Waals surface area contributed by atoms with Crippen LogP contribution in [-0.2, 0) is 21.4 Å². The maximum atomic E-state index is 12.5. The monoisotopic (exact) mass is 442 g/mol. The molecular weight excluding hydrogens is 420 g/mol. The van der Waals surface area contributed by atoms with Crippen molar-refractivity contribution in [2.75, 3.05) is 20.6 Å². The quantitative estimate of drug-likeness (QED) is 0.499. The highest BCUT2D eigenvalue weighted by molar-refractivity contribution is 7.89. The topological polar surface area (TPSA) is 128 Å². The molecule has 0 aliphatic carbocycles. The zero-order valence-corrected chi connectivity index (χ0v) is 17.8. The number of pyridine rings is 1. The summed E-state index contributed by atoms with van der Waals surface area (Å²) in [4.78, 5) is 40.0. The molecule has 9 nitrogen and oxygen atoms in total. The van der Waals surface area contributed by atoms with Crippen LogP contribution in [0.1, 0.15) is 15.9 Å². The Labute approximate surface area is 179 Å². The van der Waals surface area contributed by atoms with Gasteiger partial charge in [-0.2, -0.15) is 0 Å². The van der Waals surface area contributed by atoms with E-state index in [1.807, 2.05) is 0 Å². The van der Waals surface area contributed by atoms with Crippen LogP contribution in [0.4, 0.5) is 0 Å². The van der Waals surface area contributed by atoms with E-state index < -0.39 is 27.3 Å². The first kappa shape index (κ1) is 22.2. The summed E-state index contributed by atoms with van der Waals surface area (Å²) in [6.45, 7) is -0.401. The first-order valence-electron chi connectivity index (χ1n) is 9.37. The number of carbonyl (C=O) groups is 2. The van der Waals surface area contributed by atoms with E-state index in [-0.39, 0.29) is 23.5 Å². The molecule has 31 heavy (non-hydrogen) atoms. The Morgan fingerprint density at radius 2 is 1.68 bits per heavy atom. The van der Waals surface area contributed by atoms with Gasteiger partial charge in [-0.3, -0.25) is 14.4 Å². The van der Waals surface area contributed by atoms with Gasteiger partial charge in [-0.05, 0) is 23.8 Å². The molecule has 10 heteroatoms. The van der Waals surface area contributed by atoms with Crippen molar-refractivity contribution < 1.29 is 18.0 Å². The fourth-order valence-electron chi connectivity index (χ4n) is 2.95. The molecule has 2 amide bonds. The second-order valence-corrected chi connectivity index (χ2v) is 9.05. The molecular formula is C21H22N4O5S. The van der Waals surface area contributed by atoms with E-state index in [2.05, 4.69) is 15.6 Å². The molecule has 0 fully saturated rings. The van der Waals surface area contributed by atoms with Crippen molar-refractivity contribution in [3.8, 4) is 0 Å². The Balaban J connectivity index is 1.64. The Bertz CT molecular complexity index is 1300. The molecule has 3 aromatic rings. The van der Waals surface area contributed by atoms with Crippen LogP contribution in [0.25, 0.3) is 10.9 Å². The number of hydrogen-bond donors (Lipinski definition) is 3. The van der Waals surface area contributed by atoms with Gasteiger partial charge in [-0.15, -0.1) is 0 Å². The number of H-pyrrole nitrogens is 1. The lowest BCUT2D eigenvalue weighted by Gasteiger charge is -2.15. The van der Waals surface area contributed by atoms with Crippen LogP contribution < -0.4 is 16.1 Å². The van der Waals surface area contributed by atoms with Gasteiger partial charge in [0.2, 0.25) is 21.4 Å². The molecule has 0 bridgehead atoms. The normalized spacial score (nSPS) is 11.5. The van der Waals surface area contributed by atoms with Crippen molar-refractivity contribution in [3.05, 3.63) is 76.1 Å². The first-order chi connectivity index (χ1) is 14.7. The fourth-order valence-corrected chi connectivity index (χ4v) is 4.06. The van der Waals surface area contributed by atoms with Crippen molar-refractivity contribution in [2.45, 2.75) is 11.4 Å². The second kappa shape index (κ2) is 9.11. The van der Waals surface area contributed by atoms with Crippen LogP contribution in [0.5, 0.6) is 0 Å². The van der Waals surface area contributed by atoms with Gasteiger partial charge >= 0.3 is 0 Å². The highest BCUT2D eigenvalue weighted by Crippen LogP contribution is 2.18. The van der Waals surface area contributed by atoms with Gasteiger partial charge in [0.15, 0.2) is 0 Å². The molecule has 0 saturated heterocycles. The Hall–Kier alpha value is -3.50. The molecule has 0 atom stereocenters. The van der Waals surface area contributed by atoms with E-state index in [1.165, 1.54) is 26.4 Å². The van der Waals surface area contributed by atoms with E-state index in [0.717, 1.165) is 4.31 Å². The summed E-state index contributed by atoms with van der Waals surface area (Å²) in [6.07, 6.45) is 1.31. The molecule has 0 saturated carbocycles. The summed E-state index contributed by atoms with van der Waals surface area (Å²) in [5.41, 5.74) is 0.485. The Morgan fingerprint density at radius 1 is 1.00 bits per heavy atom. The molecule has 0 unspecified atom stereocenters. The van der Waals surface area contributed by atoms with Crippen molar-refractivity contribution >= 4 is 32.7 Å². The lowest BCUT2D eigenvalue weighted by Crippen LogP contribution is -2.38. The van der Waals surface area contributed by atoms with Crippen LogP contribution >= 0.6 is 0 Å². The number of hydrogen-bond acceptors (Lipinski definition) is 5. The third-order valence-electron chi connectivity index (χ3n) is 4.65. The zero-order valence-electron chi connectivity index (χ0n) is 17.0. The largest absolute Gasteiger partial charge is 0.360 e. The van der Waals surface area contributed by atoms with Crippen molar-refractivity contribution in [3.63, 3.8) is 0 Å². The Kier molecular flexibility index (Phi) is 6.52. The average molecular weight is 442 g/mol. The number of rotatable bonds is 7. The average Bonchev–Trinajstić information content (AvgIpc) is 2.76. The molecule has 1 heterocycles. The Morgan fingerprint density at radius 3 is 2.42 bits per heavy atom. The number of carbonyl (C=O) groups excluding carboxylic acids is 2. The summed E-state index contributed by atoms with van der Waals surface area (Å²) in [6, 6.07) is 13.1. The van der Waals surface area contributed by atoms with Gasteiger partial charge in [-0.25, -0.2) is 12.7 Å². The predicted octanol–water partition coefficient (Wildman–Crippen LogP) is 0.825. The summed E-state index contributed by atoms with van der Waals surface area (Å²) in [5, 5.41) is 5.36. The third kappa shape index (κ3) is 4.81. The molecule has 2 aromatic carbocycles. The third-order valence-corrected chi connectivity index (χ3v) is 6.57. The zero-order chi connectivity index (χ0) is 22.6. The predicted molar refractivity (Wildman–Crippen MR) is 116 cm³/mol.